The fourth-order valence-electron chi connectivity index (χ4n) is 1.25. The zero-order chi connectivity index (χ0) is 11.7. The molecule has 0 aliphatic heterocycles. The van der Waals surface area contributed by atoms with E-state index in [4.69, 9.17) is 5.11 Å². The largest absolute Gasteiger partial charge is 0.481 e. The summed E-state index contributed by atoms with van der Waals surface area (Å²) in [4.78, 5) is 10.4. The molecule has 1 rings (SSSR count). The maximum absolute atomic E-state index is 12.2. The van der Waals surface area contributed by atoms with Crippen LogP contribution in [0, 0.1) is 11.3 Å². The minimum Gasteiger partial charge on any atom is -0.481 e. The van der Waals surface area contributed by atoms with Crippen LogP contribution in [0.4, 0.5) is 13.2 Å². The summed E-state index contributed by atoms with van der Waals surface area (Å²) in [7, 11) is 0. The Morgan fingerprint density at radius 1 is 1.53 bits per heavy atom. The van der Waals surface area contributed by atoms with Gasteiger partial charge in [-0.05, 0) is 18.3 Å². The molecule has 1 saturated carbocycles. The van der Waals surface area contributed by atoms with Crippen molar-refractivity contribution in [3.05, 3.63) is 0 Å². The van der Waals surface area contributed by atoms with Crippen LogP contribution in [0.2, 0.25) is 0 Å². The standard InChI is InChI=1S/C9H14F3NO2/c1-8(2-3-8)5-13-4-6(7(14)15)9(10,11)12/h6,13H,2-5H2,1H3,(H,14,15). The van der Waals surface area contributed by atoms with Gasteiger partial charge >= 0.3 is 12.1 Å². The molecule has 0 heterocycles. The molecule has 0 aromatic rings. The number of rotatable bonds is 5. The lowest BCUT2D eigenvalue weighted by Crippen LogP contribution is -2.40. The van der Waals surface area contributed by atoms with Gasteiger partial charge in [-0.25, -0.2) is 0 Å². The molecule has 1 aliphatic rings. The lowest BCUT2D eigenvalue weighted by molar-refractivity contribution is -0.192. The minimum absolute atomic E-state index is 0.0780. The first-order valence-corrected chi connectivity index (χ1v) is 4.75. The van der Waals surface area contributed by atoms with Gasteiger partial charge in [0, 0.05) is 13.1 Å². The van der Waals surface area contributed by atoms with Crippen LogP contribution >= 0.6 is 0 Å². The Morgan fingerprint density at radius 2 is 2.07 bits per heavy atom. The van der Waals surface area contributed by atoms with Gasteiger partial charge in [0.25, 0.3) is 0 Å². The van der Waals surface area contributed by atoms with Crippen LogP contribution in [-0.4, -0.2) is 30.3 Å². The van der Waals surface area contributed by atoms with Gasteiger partial charge in [-0.2, -0.15) is 13.2 Å². The molecule has 15 heavy (non-hydrogen) atoms. The average molecular weight is 225 g/mol. The monoisotopic (exact) mass is 225 g/mol. The van der Waals surface area contributed by atoms with E-state index in [2.05, 4.69) is 5.32 Å². The summed E-state index contributed by atoms with van der Waals surface area (Å²) in [6, 6.07) is 0. The molecular weight excluding hydrogens is 211 g/mol. The lowest BCUT2D eigenvalue weighted by Gasteiger charge is -2.18. The second kappa shape index (κ2) is 4.00. The van der Waals surface area contributed by atoms with E-state index in [0.29, 0.717) is 6.54 Å². The van der Waals surface area contributed by atoms with Gasteiger partial charge in [0.2, 0.25) is 0 Å². The molecule has 0 bridgehead atoms. The van der Waals surface area contributed by atoms with Crippen molar-refractivity contribution in [3.63, 3.8) is 0 Å². The van der Waals surface area contributed by atoms with E-state index in [0.717, 1.165) is 12.8 Å². The summed E-state index contributed by atoms with van der Waals surface area (Å²) >= 11 is 0. The molecule has 1 atom stereocenters. The van der Waals surface area contributed by atoms with E-state index in [1.54, 1.807) is 0 Å². The highest BCUT2D eigenvalue weighted by Crippen LogP contribution is 2.44. The van der Waals surface area contributed by atoms with Crippen molar-refractivity contribution in [2.75, 3.05) is 13.1 Å². The third kappa shape index (κ3) is 3.70. The molecule has 1 fully saturated rings. The normalized spacial score (nSPS) is 21.1. The first-order chi connectivity index (χ1) is 6.75. The second-order valence-electron chi connectivity index (χ2n) is 4.37. The molecule has 0 aromatic heterocycles. The predicted octanol–water partition coefficient (Wildman–Crippen LogP) is 1.64. The van der Waals surface area contributed by atoms with Gasteiger partial charge in [-0.1, -0.05) is 6.92 Å². The van der Waals surface area contributed by atoms with E-state index in [1.807, 2.05) is 6.92 Å². The summed E-state index contributed by atoms with van der Waals surface area (Å²) in [6.45, 7) is 1.87. The van der Waals surface area contributed by atoms with Crippen LogP contribution in [-0.2, 0) is 4.79 Å². The van der Waals surface area contributed by atoms with Crippen molar-refractivity contribution in [1.29, 1.82) is 0 Å². The zero-order valence-electron chi connectivity index (χ0n) is 8.40. The molecule has 0 spiro atoms. The van der Waals surface area contributed by atoms with Crippen LogP contribution in [0.25, 0.3) is 0 Å². The fraction of sp³-hybridized carbons (Fsp3) is 0.889. The van der Waals surface area contributed by atoms with E-state index in [-0.39, 0.29) is 5.41 Å². The van der Waals surface area contributed by atoms with E-state index in [9.17, 15) is 18.0 Å². The molecule has 0 saturated heterocycles. The van der Waals surface area contributed by atoms with Crippen LogP contribution in [0.5, 0.6) is 0 Å². The molecule has 1 unspecified atom stereocenters. The smallest absolute Gasteiger partial charge is 0.403 e. The summed E-state index contributed by atoms with van der Waals surface area (Å²) < 4.78 is 36.6. The van der Waals surface area contributed by atoms with Gasteiger partial charge in [0.15, 0.2) is 5.92 Å². The Morgan fingerprint density at radius 3 is 2.40 bits per heavy atom. The summed E-state index contributed by atoms with van der Waals surface area (Å²) in [5.74, 6) is -4.13. The number of halogens is 3. The lowest BCUT2D eigenvalue weighted by atomic mass is 10.1. The van der Waals surface area contributed by atoms with Crippen molar-refractivity contribution in [3.8, 4) is 0 Å². The highest BCUT2D eigenvalue weighted by Gasteiger charge is 2.45. The van der Waals surface area contributed by atoms with Gasteiger partial charge in [-0.15, -0.1) is 0 Å². The topological polar surface area (TPSA) is 49.3 Å². The van der Waals surface area contributed by atoms with Crippen molar-refractivity contribution in [2.45, 2.75) is 25.9 Å². The third-order valence-electron chi connectivity index (χ3n) is 2.70. The maximum atomic E-state index is 12.2. The van der Waals surface area contributed by atoms with E-state index >= 15 is 0 Å². The number of carbonyl (C=O) groups is 1. The Kier molecular flexibility index (Phi) is 3.28. The van der Waals surface area contributed by atoms with E-state index < -0.39 is 24.6 Å². The summed E-state index contributed by atoms with van der Waals surface area (Å²) in [5.41, 5.74) is 0.0780. The number of carboxylic acid groups (broad SMARTS) is 1. The molecule has 2 N–H and O–H groups in total. The number of hydrogen-bond donors (Lipinski definition) is 2. The number of carboxylic acids is 1. The van der Waals surface area contributed by atoms with Crippen molar-refractivity contribution < 1.29 is 23.1 Å². The predicted molar refractivity (Wildman–Crippen MR) is 47.4 cm³/mol. The molecule has 0 radical (unpaired) electrons. The van der Waals surface area contributed by atoms with Crippen molar-refractivity contribution in [1.82, 2.24) is 5.32 Å². The number of nitrogens with one attached hydrogen (secondary N) is 1. The Bertz CT molecular complexity index is 248. The maximum Gasteiger partial charge on any atom is 0.403 e. The Balaban J connectivity index is 2.35. The summed E-state index contributed by atoms with van der Waals surface area (Å²) in [5, 5.41) is 11.0. The molecule has 0 amide bonds. The Hall–Kier alpha value is -0.780. The first-order valence-electron chi connectivity index (χ1n) is 4.75. The van der Waals surface area contributed by atoms with Gasteiger partial charge in [0.05, 0.1) is 0 Å². The third-order valence-corrected chi connectivity index (χ3v) is 2.70. The highest BCUT2D eigenvalue weighted by atomic mass is 19.4. The fourth-order valence-corrected chi connectivity index (χ4v) is 1.25. The minimum atomic E-state index is -4.68. The Labute approximate surface area is 85.7 Å². The molecule has 1 aliphatic carbocycles. The molecule has 88 valence electrons. The van der Waals surface area contributed by atoms with E-state index in [1.165, 1.54) is 0 Å². The number of aliphatic carboxylic acids is 1. The first kappa shape index (κ1) is 12.3. The summed E-state index contributed by atoms with van der Waals surface area (Å²) in [6.07, 6.45) is -2.70. The number of hydrogen-bond acceptors (Lipinski definition) is 2. The van der Waals surface area contributed by atoms with Crippen LogP contribution in [0.1, 0.15) is 19.8 Å². The highest BCUT2D eigenvalue weighted by molar-refractivity contribution is 5.71. The van der Waals surface area contributed by atoms with Crippen molar-refractivity contribution >= 4 is 5.97 Å². The quantitative estimate of drug-likeness (QED) is 0.747. The van der Waals surface area contributed by atoms with Gasteiger partial charge in [-0.3, -0.25) is 4.79 Å². The molecular formula is C9H14F3NO2. The van der Waals surface area contributed by atoms with Crippen LogP contribution in [0.15, 0.2) is 0 Å². The van der Waals surface area contributed by atoms with Gasteiger partial charge < -0.3 is 10.4 Å². The number of alkyl halides is 3. The average Bonchev–Trinajstić information content (AvgIpc) is 2.75. The molecule has 3 nitrogen and oxygen atoms in total. The molecule has 0 aromatic carbocycles. The van der Waals surface area contributed by atoms with Crippen LogP contribution < -0.4 is 5.32 Å². The second-order valence-corrected chi connectivity index (χ2v) is 4.37. The van der Waals surface area contributed by atoms with Crippen LogP contribution in [0.3, 0.4) is 0 Å². The van der Waals surface area contributed by atoms with Gasteiger partial charge in [0.1, 0.15) is 0 Å². The van der Waals surface area contributed by atoms with Crippen molar-refractivity contribution in [2.24, 2.45) is 11.3 Å². The zero-order valence-corrected chi connectivity index (χ0v) is 8.40. The SMILES string of the molecule is CC1(CNCC(C(=O)O)C(F)(F)F)CC1. The molecule has 6 heteroatoms.